The number of hydrogen-bond donors (Lipinski definition) is 2. The lowest BCUT2D eigenvalue weighted by molar-refractivity contribution is 0.135. The van der Waals surface area contributed by atoms with E-state index >= 15 is 0 Å². The van der Waals surface area contributed by atoms with Crippen LogP contribution in [-0.4, -0.2) is 42.3 Å². The first kappa shape index (κ1) is 13.4. The Bertz CT molecular complexity index is 366. The Balaban J connectivity index is 1.83. The topological polar surface area (TPSA) is 35.5 Å². The van der Waals surface area contributed by atoms with Crippen molar-refractivity contribution in [2.24, 2.45) is 0 Å². The molecule has 2 N–H and O–H groups in total. The second-order valence-electron chi connectivity index (χ2n) is 5.31. The minimum absolute atomic E-state index is 0.290. The number of likely N-dealkylation sites (tertiary alicyclic amines) is 1. The van der Waals surface area contributed by atoms with Crippen LogP contribution in [0.2, 0.25) is 0 Å². The molecular weight excluding hydrogens is 224 g/mol. The monoisotopic (exact) mass is 248 g/mol. The van der Waals surface area contributed by atoms with E-state index in [9.17, 15) is 5.11 Å². The molecule has 1 fully saturated rings. The number of aliphatic hydroxyl groups is 1. The Hall–Kier alpha value is -1.06. The van der Waals surface area contributed by atoms with Crippen LogP contribution in [0.5, 0.6) is 0 Å². The normalized spacial score (nSPS) is 17.9. The van der Waals surface area contributed by atoms with Crippen molar-refractivity contribution in [1.82, 2.24) is 4.90 Å². The van der Waals surface area contributed by atoms with Crippen molar-refractivity contribution in [3.63, 3.8) is 0 Å². The Kier molecular flexibility index (Phi) is 4.61. The average Bonchev–Trinajstić information content (AvgIpc) is 2.81. The van der Waals surface area contributed by atoms with Gasteiger partial charge in [-0.05, 0) is 50.9 Å². The molecule has 0 amide bonds. The molecule has 1 aromatic carbocycles. The third kappa shape index (κ3) is 3.47. The summed E-state index contributed by atoms with van der Waals surface area (Å²) in [5, 5.41) is 13.4. The molecule has 0 aliphatic carbocycles. The third-order valence-electron chi connectivity index (χ3n) is 3.66. The van der Waals surface area contributed by atoms with Crippen LogP contribution in [0.1, 0.15) is 24.0 Å². The summed E-state index contributed by atoms with van der Waals surface area (Å²) in [4.78, 5) is 2.34. The zero-order chi connectivity index (χ0) is 13.0. The number of rotatable bonds is 5. The van der Waals surface area contributed by atoms with E-state index in [0.29, 0.717) is 6.54 Å². The minimum Gasteiger partial charge on any atom is -0.390 e. The molecule has 1 heterocycles. The van der Waals surface area contributed by atoms with Crippen molar-refractivity contribution >= 4 is 5.69 Å². The predicted molar refractivity (Wildman–Crippen MR) is 76.1 cm³/mol. The van der Waals surface area contributed by atoms with E-state index in [1.54, 1.807) is 0 Å². The summed E-state index contributed by atoms with van der Waals surface area (Å²) in [6.45, 7) is 7.89. The number of anilines is 1. The first-order valence-corrected chi connectivity index (χ1v) is 6.87. The van der Waals surface area contributed by atoms with Crippen molar-refractivity contribution in [2.45, 2.75) is 32.8 Å². The van der Waals surface area contributed by atoms with Crippen LogP contribution in [0.4, 0.5) is 5.69 Å². The second-order valence-corrected chi connectivity index (χ2v) is 5.31. The van der Waals surface area contributed by atoms with Gasteiger partial charge in [0.1, 0.15) is 0 Å². The van der Waals surface area contributed by atoms with Gasteiger partial charge in [-0.25, -0.2) is 0 Å². The standard InChI is InChI=1S/C15H24N2O/c1-12-6-5-7-13(2)15(12)16-10-14(18)11-17-8-3-4-9-17/h5-7,14,16,18H,3-4,8-11H2,1-2H3. The quantitative estimate of drug-likeness (QED) is 0.838. The molecule has 0 bridgehead atoms. The number of nitrogens with zero attached hydrogens (tertiary/aromatic N) is 1. The Labute approximate surface area is 110 Å². The number of nitrogens with one attached hydrogen (secondary N) is 1. The van der Waals surface area contributed by atoms with Gasteiger partial charge in [0.2, 0.25) is 0 Å². The lowest BCUT2D eigenvalue weighted by atomic mass is 10.1. The van der Waals surface area contributed by atoms with Crippen molar-refractivity contribution in [3.05, 3.63) is 29.3 Å². The molecule has 100 valence electrons. The summed E-state index contributed by atoms with van der Waals surface area (Å²) < 4.78 is 0. The number of para-hydroxylation sites is 1. The van der Waals surface area contributed by atoms with Gasteiger partial charge in [-0.2, -0.15) is 0 Å². The van der Waals surface area contributed by atoms with Crippen molar-refractivity contribution in [3.8, 4) is 0 Å². The van der Waals surface area contributed by atoms with E-state index in [2.05, 4.69) is 42.3 Å². The van der Waals surface area contributed by atoms with Gasteiger partial charge in [-0.3, -0.25) is 0 Å². The van der Waals surface area contributed by atoms with Crippen LogP contribution in [0.25, 0.3) is 0 Å². The summed E-state index contributed by atoms with van der Waals surface area (Å²) in [5.41, 5.74) is 3.64. The molecule has 1 saturated heterocycles. The molecule has 18 heavy (non-hydrogen) atoms. The maximum absolute atomic E-state index is 10.0. The highest BCUT2D eigenvalue weighted by Crippen LogP contribution is 2.19. The lowest BCUT2D eigenvalue weighted by Crippen LogP contribution is -2.34. The van der Waals surface area contributed by atoms with Crippen LogP contribution in [0.15, 0.2) is 18.2 Å². The number of β-amino-alcohol motifs (C(OH)–C–C–N with tert-alkyl or cyclic N) is 1. The maximum atomic E-state index is 10.0. The zero-order valence-electron chi connectivity index (χ0n) is 11.4. The van der Waals surface area contributed by atoms with E-state index in [-0.39, 0.29) is 6.10 Å². The maximum Gasteiger partial charge on any atom is 0.0839 e. The average molecular weight is 248 g/mol. The van der Waals surface area contributed by atoms with Crippen LogP contribution in [0, 0.1) is 13.8 Å². The molecule has 1 aliphatic heterocycles. The Morgan fingerprint density at radius 3 is 2.44 bits per heavy atom. The highest BCUT2D eigenvalue weighted by molar-refractivity contribution is 5.56. The molecule has 0 saturated carbocycles. The first-order valence-electron chi connectivity index (χ1n) is 6.87. The van der Waals surface area contributed by atoms with E-state index in [1.807, 2.05) is 0 Å². The van der Waals surface area contributed by atoms with Gasteiger partial charge in [0, 0.05) is 18.8 Å². The second kappa shape index (κ2) is 6.21. The van der Waals surface area contributed by atoms with Crippen LogP contribution in [-0.2, 0) is 0 Å². The number of aliphatic hydroxyl groups excluding tert-OH is 1. The van der Waals surface area contributed by atoms with Gasteiger partial charge in [0.05, 0.1) is 6.10 Å². The van der Waals surface area contributed by atoms with Crippen LogP contribution in [0.3, 0.4) is 0 Å². The predicted octanol–water partition coefficient (Wildman–Crippen LogP) is 2.17. The summed E-state index contributed by atoms with van der Waals surface area (Å²) in [6, 6.07) is 6.26. The molecule has 1 unspecified atom stereocenters. The van der Waals surface area contributed by atoms with Gasteiger partial charge >= 0.3 is 0 Å². The molecule has 3 nitrogen and oxygen atoms in total. The summed E-state index contributed by atoms with van der Waals surface area (Å²) in [7, 11) is 0. The summed E-state index contributed by atoms with van der Waals surface area (Å²) >= 11 is 0. The summed E-state index contributed by atoms with van der Waals surface area (Å²) in [5.74, 6) is 0. The molecule has 1 aliphatic rings. The fourth-order valence-electron chi connectivity index (χ4n) is 2.64. The molecular formula is C15H24N2O. The zero-order valence-corrected chi connectivity index (χ0v) is 11.4. The van der Waals surface area contributed by atoms with Crippen LogP contribution < -0.4 is 5.32 Å². The molecule has 2 rings (SSSR count). The Morgan fingerprint density at radius 1 is 1.22 bits per heavy atom. The minimum atomic E-state index is -0.290. The summed E-state index contributed by atoms with van der Waals surface area (Å²) in [6.07, 6.45) is 2.26. The molecule has 0 radical (unpaired) electrons. The van der Waals surface area contributed by atoms with E-state index in [4.69, 9.17) is 0 Å². The van der Waals surface area contributed by atoms with Crippen LogP contribution >= 0.6 is 0 Å². The SMILES string of the molecule is Cc1cccc(C)c1NCC(O)CN1CCCC1. The first-order chi connectivity index (χ1) is 8.66. The van der Waals surface area contributed by atoms with E-state index in [0.717, 1.165) is 25.3 Å². The van der Waals surface area contributed by atoms with Gasteiger partial charge in [-0.15, -0.1) is 0 Å². The molecule has 1 aromatic rings. The van der Waals surface area contributed by atoms with E-state index < -0.39 is 0 Å². The number of benzene rings is 1. The number of aryl methyl sites for hydroxylation is 2. The fraction of sp³-hybridized carbons (Fsp3) is 0.600. The third-order valence-corrected chi connectivity index (χ3v) is 3.66. The molecule has 0 spiro atoms. The van der Waals surface area contributed by atoms with Crippen molar-refractivity contribution < 1.29 is 5.11 Å². The highest BCUT2D eigenvalue weighted by atomic mass is 16.3. The van der Waals surface area contributed by atoms with E-state index in [1.165, 1.54) is 24.0 Å². The fourth-order valence-corrected chi connectivity index (χ4v) is 2.64. The molecule has 0 aromatic heterocycles. The van der Waals surface area contributed by atoms with Gasteiger partial charge in [0.25, 0.3) is 0 Å². The largest absolute Gasteiger partial charge is 0.390 e. The molecule has 3 heteroatoms. The molecule has 1 atom stereocenters. The van der Waals surface area contributed by atoms with Gasteiger partial charge < -0.3 is 15.3 Å². The highest BCUT2D eigenvalue weighted by Gasteiger charge is 2.15. The van der Waals surface area contributed by atoms with Gasteiger partial charge in [0.15, 0.2) is 0 Å². The van der Waals surface area contributed by atoms with Crippen molar-refractivity contribution in [2.75, 3.05) is 31.5 Å². The van der Waals surface area contributed by atoms with Crippen molar-refractivity contribution in [1.29, 1.82) is 0 Å². The lowest BCUT2D eigenvalue weighted by Gasteiger charge is -2.21. The smallest absolute Gasteiger partial charge is 0.0839 e. The van der Waals surface area contributed by atoms with Gasteiger partial charge in [-0.1, -0.05) is 18.2 Å². The Morgan fingerprint density at radius 2 is 1.83 bits per heavy atom. The number of hydrogen-bond acceptors (Lipinski definition) is 3.